The van der Waals surface area contributed by atoms with Crippen molar-refractivity contribution < 1.29 is 4.74 Å². The van der Waals surface area contributed by atoms with Crippen molar-refractivity contribution in [1.29, 1.82) is 0 Å². The summed E-state index contributed by atoms with van der Waals surface area (Å²) in [5, 5.41) is 3.18. The van der Waals surface area contributed by atoms with Crippen LogP contribution in [0.1, 0.15) is 38.7 Å². The van der Waals surface area contributed by atoms with E-state index in [1.54, 1.807) is 0 Å². The molecule has 0 radical (unpaired) electrons. The summed E-state index contributed by atoms with van der Waals surface area (Å²) in [5.41, 5.74) is 8.37. The highest BCUT2D eigenvalue weighted by molar-refractivity contribution is 14.0. The van der Waals surface area contributed by atoms with Crippen LogP contribution in [-0.4, -0.2) is 50.3 Å². The van der Waals surface area contributed by atoms with E-state index < -0.39 is 0 Å². The molecule has 1 aromatic rings. The van der Waals surface area contributed by atoms with E-state index in [1.807, 2.05) is 0 Å². The van der Waals surface area contributed by atoms with Crippen LogP contribution in [-0.2, 0) is 4.74 Å². The fourth-order valence-corrected chi connectivity index (χ4v) is 2.85. The molecule has 142 valence electrons. The average Bonchev–Trinajstić information content (AvgIpc) is 2.61. The van der Waals surface area contributed by atoms with Gasteiger partial charge in [0.1, 0.15) is 0 Å². The number of guanidine groups is 1. The molecule has 2 atom stereocenters. The topological polar surface area (TPSA) is 62.9 Å². The van der Waals surface area contributed by atoms with E-state index >= 15 is 0 Å². The normalized spacial score (nSPS) is 18.3. The Hall–Kier alpha value is -0.860. The number of ether oxygens (including phenoxy) is 1. The highest BCUT2D eigenvalue weighted by Crippen LogP contribution is 2.20. The van der Waals surface area contributed by atoms with Crippen LogP contribution in [0.4, 0.5) is 5.69 Å². The van der Waals surface area contributed by atoms with E-state index in [9.17, 15) is 0 Å². The van der Waals surface area contributed by atoms with Gasteiger partial charge in [-0.05, 0) is 36.0 Å². The second kappa shape index (κ2) is 11.7. The van der Waals surface area contributed by atoms with Crippen molar-refractivity contribution in [1.82, 2.24) is 4.90 Å². The number of halogens is 1. The molecule has 0 saturated carbocycles. The molecule has 1 aliphatic rings. The first-order chi connectivity index (χ1) is 11.6. The SMILES string of the molecule is CCC(C)c1ccc(NC(N)=NCC(C)CN2CCOCC2)cc1.I. The molecule has 1 aliphatic heterocycles. The third-order valence-corrected chi connectivity index (χ3v) is 4.61. The maximum absolute atomic E-state index is 6.02. The highest BCUT2D eigenvalue weighted by Gasteiger charge is 2.13. The van der Waals surface area contributed by atoms with E-state index in [2.05, 4.69) is 60.2 Å². The molecule has 6 heteroatoms. The van der Waals surface area contributed by atoms with Gasteiger partial charge in [-0.2, -0.15) is 0 Å². The van der Waals surface area contributed by atoms with Crippen molar-refractivity contribution in [2.45, 2.75) is 33.1 Å². The smallest absolute Gasteiger partial charge is 0.193 e. The number of morpholine rings is 1. The Labute approximate surface area is 169 Å². The summed E-state index contributed by atoms with van der Waals surface area (Å²) in [6.45, 7) is 12.2. The summed E-state index contributed by atoms with van der Waals surface area (Å²) < 4.78 is 5.38. The number of benzene rings is 1. The molecular weight excluding hydrogens is 427 g/mol. The molecular formula is C19H33IN4O. The first-order valence-corrected chi connectivity index (χ1v) is 9.05. The first-order valence-electron chi connectivity index (χ1n) is 9.05. The Morgan fingerprint density at radius 2 is 1.88 bits per heavy atom. The molecule has 1 fully saturated rings. The number of aliphatic imine (C=N–C) groups is 1. The van der Waals surface area contributed by atoms with Crippen molar-refractivity contribution in [3.05, 3.63) is 29.8 Å². The van der Waals surface area contributed by atoms with Gasteiger partial charge >= 0.3 is 0 Å². The molecule has 1 saturated heterocycles. The van der Waals surface area contributed by atoms with Crippen LogP contribution in [0.3, 0.4) is 0 Å². The number of hydrogen-bond donors (Lipinski definition) is 2. The van der Waals surface area contributed by atoms with Gasteiger partial charge < -0.3 is 15.8 Å². The second-order valence-corrected chi connectivity index (χ2v) is 6.80. The maximum Gasteiger partial charge on any atom is 0.193 e. The number of hydrogen-bond acceptors (Lipinski definition) is 3. The molecule has 5 nitrogen and oxygen atoms in total. The summed E-state index contributed by atoms with van der Waals surface area (Å²) in [6.07, 6.45) is 1.15. The van der Waals surface area contributed by atoms with Crippen LogP contribution in [0.5, 0.6) is 0 Å². The molecule has 2 unspecified atom stereocenters. The van der Waals surface area contributed by atoms with Gasteiger partial charge in [-0.1, -0.05) is 32.9 Å². The molecule has 0 amide bonds. The summed E-state index contributed by atoms with van der Waals surface area (Å²) in [5.74, 6) is 1.56. The van der Waals surface area contributed by atoms with Crippen molar-refractivity contribution in [3.8, 4) is 0 Å². The fourth-order valence-electron chi connectivity index (χ4n) is 2.85. The number of nitrogens with one attached hydrogen (secondary N) is 1. The molecule has 2 rings (SSSR count). The Morgan fingerprint density at radius 3 is 2.48 bits per heavy atom. The lowest BCUT2D eigenvalue weighted by Gasteiger charge is -2.28. The number of anilines is 1. The van der Waals surface area contributed by atoms with E-state index in [0.29, 0.717) is 17.8 Å². The molecule has 25 heavy (non-hydrogen) atoms. The predicted octanol–water partition coefficient (Wildman–Crippen LogP) is 3.51. The zero-order valence-electron chi connectivity index (χ0n) is 15.7. The van der Waals surface area contributed by atoms with Crippen LogP contribution in [0.2, 0.25) is 0 Å². The van der Waals surface area contributed by atoms with E-state index in [4.69, 9.17) is 10.5 Å². The summed E-state index contributed by atoms with van der Waals surface area (Å²) >= 11 is 0. The molecule has 1 heterocycles. The lowest BCUT2D eigenvalue weighted by molar-refractivity contribution is 0.0323. The highest BCUT2D eigenvalue weighted by atomic mass is 127. The van der Waals surface area contributed by atoms with Crippen molar-refractivity contribution in [2.75, 3.05) is 44.7 Å². The third kappa shape index (κ3) is 7.92. The molecule has 0 bridgehead atoms. The molecule has 1 aromatic carbocycles. The lowest BCUT2D eigenvalue weighted by Crippen LogP contribution is -2.39. The molecule has 0 spiro atoms. The third-order valence-electron chi connectivity index (χ3n) is 4.61. The molecule has 0 aliphatic carbocycles. The first kappa shape index (κ1) is 22.2. The van der Waals surface area contributed by atoms with Crippen molar-refractivity contribution in [3.63, 3.8) is 0 Å². The van der Waals surface area contributed by atoms with Gasteiger partial charge in [0.25, 0.3) is 0 Å². The van der Waals surface area contributed by atoms with Gasteiger partial charge in [0.15, 0.2) is 5.96 Å². The maximum atomic E-state index is 6.02. The van der Waals surface area contributed by atoms with Crippen LogP contribution in [0.15, 0.2) is 29.3 Å². The minimum atomic E-state index is 0. The summed E-state index contributed by atoms with van der Waals surface area (Å²) in [6, 6.07) is 8.46. The molecule has 0 aromatic heterocycles. The van der Waals surface area contributed by atoms with Crippen LogP contribution < -0.4 is 11.1 Å². The Bertz CT molecular complexity index is 515. The van der Waals surface area contributed by atoms with Crippen LogP contribution in [0, 0.1) is 5.92 Å². The standard InChI is InChI=1S/C19H32N4O.HI/c1-4-16(3)17-5-7-18(8-6-17)22-19(20)21-13-15(2)14-23-9-11-24-12-10-23;/h5-8,15-16H,4,9-14H2,1-3H3,(H3,20,21,22);1H. The van der Waals surface area contributed by atoms with E-state index in [0.717, 1.165) is 51.5 Å². The Kier molecular flexibility index (Phi) is 10.4. The van der Waals surface area contributed by atoms with E-state index in [1.165, 1.54) is 5.56 Å². The van der Waals surface area contributed by atoms with Gasteiger partial charge in [0, 0.05) is 31.9 Å². The van der Waals surface area contributed by atoms with Crippen LogP contribution in [0.25, 0.3) is 0 Å². The van der Waals surface area contributed by atoms with Gasteiger partial charge in [-0.15, -0.1) is 24.0 Å². The quantitative estimate of drug-likeness (QED) is 0.372. The largest absolute Gasteiger partial charge is 0.379 e. The monoisotopic (exact) mass is 460 g/mol. The Morgan fingerprint density at radius 1 is 1.24 bits per heavy atom. The van der Waals surface area contributed by atoms with Gasteiger partial charge in [-0.3, -0.25) is 9.89 Å². The molecule has 3 N–H and O–H groups in total. The average molecular weight is 460 g/mol. The summed E-state index contributed by atoms with van der Waals surface area (Å²) in [7, 11) is 0. The zero-order valence-corrected chi connectivity index (χ0v) is 18.0. The zero-order chi connectivity index (χ0) is 17.4. The van der Waals surface area contributed by atoms with Crippen LogP contribution >= 0.6 is 24.0 Å². The van der Waals surface area contributed by atoms with Gasteiger partial charge in [0.2, 0.25) is 0 Å². The van der Waals surface area contributed by atoms with E-state index in [-0.39, 0.29) is 24.0 Å². The summed E-state index contributed by atoms with van der Waals surface area (Å²) in [4.78, 5) is 6.92. The van der Waals surface area contributed by atoms with Crippen molar-refractivity contribution in [2.24, 2.45) is 16.6 Å². The number of nitrogens with zero attached hydrogens (tertiary/aromatic N) is 2. The second-order valence-electron chi connectivity index (χ2n) is 6.80. The lowest BCUT2D eigenvalue weighted by atomic mass is 9.99. The Balaban J connectivity index is 0.00000312. The van der Waals surface area contributed by atoms with Gasteiger partial charge in [0.05, 0.1) is 13.2 Å². The number of rotatable bonds is 7. The van der Waals surface area contributed by atoms with Crippen molar-refractivity contribution >= 4 is 35.6 Å². The minimum Gasteiger partial charge on any atom is -0.379 e. The fraction of sp³-hybridized carbons (Fsp3) is 0.632. The predicted molar refractivity (Wildman–Crippen MR) is 117 cm³/mol. The minimum absolute atomic E-state index is 0. The number of nitrogens with two attached hydrogens (primary N) is 1. The van der Waals surface area contributed by atoms with Gasteiger partial charge in [-0.25, -0.2) is 0 Å².